The van der Waals surface area contributed by atoms with Gasteiger partial charge in [-0.25, -0.2) is 4.79 Å². The van der Waals surface area contributed by atoms with Gasteiger partial charge in [-0.15, -0.1) is 6.42 Å². The van der Waals surface area contributed by atoms with Gasteiger partial charge in [-0.2, -0.15) is 0 Å². The molecule has 1 rings (SSSR count). The second-order valence-electron chi connectivity index (χ2n) is 4.55. The van der Waals surface area contributed by atoms with Gasteiger partial charge in [-0.05, 0) is 39.0 Å². The molecule has 1 aromatic rings. The van der Waals surface area contributed by atoms with E-state index < -0.39 is 0 Å². The predicted octanol–water partition coefficient (Wildman–Crippen LogP) is 2.59. The molecule has 0 fully saturated rings. The van der Waals surface area contributed by atoms with Gasteiger partial charge in [0.15, 0.2) is 0 Å². The first-order valence-corrected chi connectivity index (χ1v) is 5.06. The van der Waals surface area contributed by atoms with Crippen LogP contribution in [0.5, 0.6) is 0 Å². The minimum absolute atomic E-state index is 0.235. The molecule has 0 unspecified atom stereocenters. The van der Waals surface area contributed by atoms with Crippen LogP contribution in [0, 0.1) is 12.3 Å². The van der Waals surface area contributed by atoms with Gasteiger partial charge >= 0.3 is 6.03 Å². The highest BCUT2D eigenvalue weighted by Crippen LogP contribution is 2.10. The molecule has 0 aliphatic heterocycles. The number of anilines is 1. The van der Waals surface area contributed by atoms with E-state index in [1.807, 2.05) is 32.9 Å². The molecular formula is C13H16N2O. The van der Waals surface area contributed by atoms with E-state index in [0.717, 1.165) is 5.56 Å². The fourth-order valence-corrected chi connectivity index (χ4v) is 1.19. The van der Waals surface area contributed by atoms with Gasteiger partial charge in [0.1, 0.15) is 0 Å². The van der Waals surface area contributed by atoms with Crippen molar-refractivity contribution < 1.29 is 4.79 Å². The van der Waals surface area contributed by atoms with E-state index >= 15 is 0 Å². The summed E-state index contributed by atoms with van der Waals surface area (Å²) in [5, 5.41) is 5.53. The minimum atomic E-state index is -0.256. The highest BCUT2D eigenvalue weighted by Gasteiger charge is 2.13. The van der Waals surface area contributed by atoms with E-state index in [4.69, 9.17) is 6.42 Å². The van der Waals surface area contributed by atoms with Gasteiger partial charge in [0, 0.05) is 16.8 Å². The average molecular weight is 216 g/mol. The Morgan fingerprint density at radius 3 is 2.62 bits per heavy atom. The van der Waals surface area contributed by atoms with Crippen LogP contribution in [0.3, 0.4) is 0 Å². The molecule has 3 nitrogen and oxygen atoms in total. The van der Waals surface area contributed by atoms with Crippen LogP contribution in [-0.4, -0.2) is 11.6 Å². The lowest BCUT2D eigenvalue weighted by Crippen LogP contribution is -2.43. The summed E-state index contributed by atoms with van der Waals surface area (Å²) >= 11 is 0. The fourth-order valence-electron chi connectivity index (χ4n) is 1.19. The molecule has 0 saturated carbocycles. The van der Waals surface area contributed by atoms with Gasteiger partial charge in [0.05, 0.1) is 0 Å². The average Bonchev–Trinajstić information content (AvgIpc) is 2.15. The molecule has 1 aromatic carbocycles. The van der Waals surface area contributed by atoms with E-state index in [0.29, 0.717) is 5.69 Å². The number of benzene rings is 1. The van der Waals surface area contributed by atoms with E-state index in [1.165, 1.54) is 0 Å². The molecule has 2 N–H and O–H groups in total. The lowest BCUT2D eigenvalue weighted by atomic mass is 10.1. The number of hydrogen-bond donors (Lipinski definition) is 2. The molecular weight excluding hydrogens is 200 g/mol. The van der Waals surface area contributed by atoms with Crippen molar-refractivity contribution in [3.05, 3.63) is 29.8 Å². The highest BCUT2D eigenvalue weighted by molar-refractivity contribution is 5.89. The van der Waals surface area contributed by atoms with E-state index in [-0.39, 0.29) is 11.6 Å². The van der Waals surface area contributed by atoms with Crippen molar-refractivity contribution in [3.8, 4) is 12.3 Å². The van der Waals surface area contributed by atoms with E-state index in [2.05, 4.69) is 16.6 Å². The van der Waals surface area contributed by atoms with E-state index in [1.54, 1.807) is 12.1 Å². The standard InChI is InChI=1S/C13H16N2O/c1-5-10-7-6-8-11(9-10)14-12(16)15-13(2,3)4/h1,6-9H,2-4H3,(H2,14,15,16). The monoisotopic (exact) mass is 216 g/mol. The molecule has 16 heavy (non-hydrogen) atoms. The van der Waals surface area contributed by atoms with Crippen LogP contribution in [-0.2, 0) is 0 Å². The molecule has 0 radical (unpaired) electrons. The van der Waals surface area contributed by atoms with Gasteiger partial charge in [0.25, 0.3) is 0 Å². The molecule has 84 valence electrons. The minimum Gasteiger partial charge on any atom is -0.333 e. The molecule has 0 atom stereocenters. The van der Waals surface area contributed by atoms with Gasteiger partial charge in [-0.3, -0.25) is 0 Å². The summed E-state index contributed by atoms with van der Waals surface area (Å²) in [6, 6.07) is 6.93. The maximum Gasteiger partial charge on any atom is 0.319 e. The molecule has 0 heterocycles. The first kappa shape index (κ1) is 12.1. The second kappa shape index (κ2) is 4.71. The summed E-state index contributed by atoms with van der Waals surface area (Å²) in [5.41, 5.74) is 1.18. The summed E-state index contributed by atoms with van der Waals surface area (Å²) in [6.07, 6.45) is 5.27. The zero-order chi connectivity index (χ0) is 12.2. The number of hydrogen-bond acceptors (Lipinski definition) is 1. The number of terminal acetylenes is 1. The van der Waals surface area contributed by atoms with Crippen LogP contribution < -0.4 is 10.6 Å². The molecule has 0 spiro atoms. The molecule has 0 saturated heterocycles. The summed E-state index contributed by atoms with van der Waals surface area (Å²) in [7, 11) is 0. The summed E-state index contributed by atoms with van der Waals surface area (Å²) in [5.74, 6) is 2.52. The Morgan fingerprint density at radius 2 is 2.06 bits per heavy atom. The number of rotatable bonds is 1. The SMILES string of the molecule is C#Cc1cccc(NC(=O)NC(C)(C)C)c1. The van der Waals surface area contributed by atoms with E-state index in [9.17, 15) is 4.79 Å². The Labute approximate surface area is 96.2 Å². The number of urea groups is 1. The third-order valence-electron chi connectivity index (χ3n) is 1.78. The molecule has 0 aliphatic carbocycles. The third-order valence-corrected chi connectivity index (χ3v) is 1.78. The third kappa shape index (κ3) is 4.05. The molecule has 0 aliphatic rings. The van der Waals surface area contributed by atoms with Crippen LogP contribution in [0.4, 0.5) is 10.5 Å². The first-order chi connectivity index (χ1) is 7.40. The Morgan fingerprint density at radius 1 is 1.38 bits per heavy atom. The quantitative estimate of drug-likeness (QED) is 0.696. The zero-order valence-electron chi connectivity index (χ0n) is 9.79. The molecule has 0 aromatic heterocycles. The van der Waals surface area contributed by atoms with Gasteiger partial charge in [-0.1, -0.05) is 12.0 Å². The topological polar surface area (TPSA) is 41.1 Å². The van der Waals surface area contributed by atoms with Gasteiger partial charge < -0.3 is 10.6 Å². The summed E-state index contributed by atoms with van der Waals surface area (Å²) in [4.78, 5) is 11.6. The van der Waals surface area contributed by atoms with Crippen LogP contribution in [0.1, 0.15) is 26.3 Å². The highest BCUT2D eigenvalue weighted by atomic mass is 16.2. The summed E-state index contributed by atoms with van der Waals surface area (Å²) in [6.45, 7) is 5.76. The second-order valence-corrected chi connectivity index (χ2v) is 4.55. The lowest BCUT2D eigenvalue weighted by Gasteiger charge is -2.20. The Bertz CT molecular complexity index is 424. The Hall–Kier alpha value is -1.95. The van der Waals surface area contributed by atoms with Crippen LogP contribution in [0.2, 0.25) is 0 Å². The maximum absolute atomic E-state index is 11.6. The van der Waals surface area contributed by atoms with Crippen LogP contribution in [0.15, 0.2) is 24.3 Å². The van der Waals surface area contributed by atoms with Crippen LogP contribution >= 0.6 is 0 Å². The Balaban J connectivity index is 2.67. The normalized spacial score (nSPS) is 10.4. The van der Waals surface area contributed by atoms with Gasteiger partial charge in [0.2, 0.25) is 0 Å². The van der Waals surface area contributed by atoms with Crippen LogP contribution in [0.25, 0.3) is 0 Å². The van der Waals surface area contributed by atoms with Crippen molar-refractivity contribution >= 4 is 11.7 Å². The maximum atomic E-state index is 11.6. The first-order valence-electron chi connectivity index (χ1n) is 5.06. The Kier molecular flexibility index (Phi) is 3.57. The van der Waals surface area contributed by atoms with Crippen molar-refractivity contribution in [2.45, 2.75) is 26.3 Å². The largest absolute Gasteiger partial charge is 0.333 e. The molecule has 3 heteroatoms. The zero-order valence-corrected chi connectivity index (χ0v) is 9.79. The lowest BCUT2D eigenvalue weighted by molar-refractivity contribution is 0.244. The van der Waals surface area contributed by atoms with Crippen molar-refractivity contribution in [1.82, 2.24) is 5.32 Å². The fraction of sp³-hybridized carbons (Fsp3) is 0.308. The number of amides is 2. The molecule has 0 bridgehead atoms. The van der Waals surface area contributed by atoms with Crippen molar-refractivity contribution in [2.75, 3.05) is 5.32 Å². The van der Waals surface area contributed by atoms with Crippen molar-refractivity contribution in [1.29, 1.82) is 0 Å². The number of carbonyl (C=O) groups is 1. The number of nitrogens with one attached hydrogen (secondary N) is 2. The predicted molar refractivity (Wildman–Crippen MR) is 66.3 cm³/mol. The number of carbonyl (C=O) groups excluding carboxylic acids is 1. The van der Waals surface area contributed by atoms with Crippen molar-refractivity contribution in [2.24, 2.45) is 0 Å². The molecule has 2 amide bonds. The smallest absolute Gasteiger partial charge is 0.319 e. The van der Waals surface area contributed by atoms with Crippen molar-refractivity contribution in [3.63, 3.8) is 0 Å². The summed E-state index contributed by atoms with van der Waals surface area (Å²) < 4.78 is 0.